The topological polar surface area (TPSA) is 0 Å². The Hall–Kier alpha value is -0.0800. The van der Waals surface area contributed by atoms with Crippen molar-refractivity contribution in [1.29, 1.82) is 0 Å². The highest BCUT2D eigenvalue weighted by Gasteiger charge is 2.42. The fourth-order valence-corrected chi connectivity index (χ4v) is 51.3. The van der Waals surface area contributed by atoms with Gasteiger partial charge in [-0.25, -0.2) is 9.65 Å². The first-order valence-electron chi connectivity index (χ1n) is 7.64. The second-order valence-corrected chi connectivity index (χ2v) is 31.3. The van der Waals surface area contributed by atoms with Crippen molar-refractivity contribution in [3.63, 3.8) is 0 Å². The lowest BCUT2D eigenvalue weighted by molar-refractivity contribution is 1.45. The van der Waals surface area contributed by atoms with Gasteiger partial charge in [0.1, 0.15) is 0 Å². The molecule has 23 heavy (non-hydrogen) atoms. The minimum atomic E-state index is -0.826. The van der Waals surface area contributed by atoms with Crippen LogP contribution in [0, 0.1) is 0 Å². The van der Waals surface area contributed by atoms with Gasteiger partial charge in [0.25, 0.3) is 0 Å². The molecule has 2 rings (SSSR count). The summed E-state index contributed by atoms with van der Waals surface area (Å²) < 4.78 is 0. The molecule has 0 radical (unpaired) electrons. The van der Waals surface area contributed by atoms with Crippen LogP contribution in [0.25, 0.3) is 0 Å². The van der Waals surface area contributed by atoms with Gasteiger partial charge >= 0.3 is 0 Å². The zero-order chi connectivity index (χ0) is 17.3. The third kappa shape index (κ3) is 4.12. The van der Waals surface area contributed by atoms with E-state index in [4.69, 9.17) is 0 Å². The Labute approximate surface area is 148 Å². The van der Waals surface area contributed by atoms with Crippen molar-refractivity contribution in [2.24, 2.45) is 0 Å². The van der Waals surface area contributed by atoms with Crippen LogP contribution in [0.4, 0.5) is 0 Å². The monoisotopic (exact) mass is 386 g/mol. The van der Waals surface area contributed by atoms with Crippen molar-refractivity contribution in [2.75, 3.05) is 43.8 Å². The van der Waals surface area contributed by atoms with E-state index in [2.05, 4.69) is 104 Å². The van der Waals surface area contributed by atoms with Crippen molar-refractivity contribution in [1.82, 2.24) is 0 Å². The van der Waals surface area contributed by atoms with Crippen molar-refractivity contribution in [3.05, 3.63) is 60.7 Å². The van der Waals surface area contributed by atoms with Crippen LogP contribution in [0.5, 0.6) is 0 Å². The van der Waals surface area contributed by atoms with Gasteiger partial charge in [-0.2, -0.15) is 19.3 Å². The summed E-state index contributed by atoms with van der Waals surface area (Å²) in [5, 5.41) is 0. The van der Waals surface area contributed by atoms with Gasteiger partial charge in [-0.15, -0.1) is 0 Å². The zero-order valence-electron chi connectivity index (χ0n) is 15.4. The fraction of sp³-hybridized carbons (Fsp3) is 0.368. The van der Waals surface area contributed by atoms with Crippen LogP contribution < -0.4 is 0 Å². The average Bonchev–Trinajstić information content (AvgIpc) is 2.47. The summed E-state index contributed by atoms with van der Waals surface area (Å²) in [5.74, 6) is 0. The SMILES string of the molecule is CS(C)(C)P(S(C)(C)c1ccccc1)S(C)(C)c1ccccc1. The Bertz CT molecular complexity index is 579. The molecule has 0 aliphatic rings. The molecule has 0 bridgehead atoms. The summed E-state index contributed by atoms with van der Waals surface area (Å²) in [6.45, 7) is 0. The molecule has 0 amide bonds. The Morgan fingerprint density at radius 3 is 1.09 bits per heavy atom. The predicted octanol–water partition coefficient (Wildman–Crippen LogP) is 7.15. The smallest absolute Gasteiger partial charge is 0.0266 e. The summed E-state index contributed by atoms with van der Waals surface area (Å²) in [7, 11) is -2.29. The maximum Gasteiger partial charge on any atom is 0.0266 e. The molecule has 0 saturated carbocycles. The first kappa shape index (κ1) is 19.2. The highest BCUT2D eigenvalue weighted by molar-refractivity contribution is 9.31. The average molecular weight is 387 g/mol. The van der Waals surface area contributed by atoms with E-state index in [1.165, 1.54) is 0 Å². The molecule has 0 atom stereocenters. The molecule has 0 fully saturated rings. The molecule has 0 heterocycles. The van der Waals surface area contributed by atoms with Gasteiger partial charge in [-0.05, 0) is 77.8 Å². The molecule has 0 spiro atoms. The van der Waals surface area contributed by atoms with E-state index in [9.17, 15) is 0 Å². The van der Waals surface area contributed by atoms with E-state index in [-0.39, 0.29) is 5.53 Å². The summed E-state index contributed by atoms with van der Waals surface area (Å²) in [6.07, 6.45) is 17.8. The standard InChI is InChI=1S/C19H31PS3/c1-21(2,3)20(22(4,5)18-14-10-8-11-15-18)23(6,7)19-16-12-9-13-17-19/h8-17H,1-7H3. The molecule has 0 saturated heterocycles. The van der Waals surface area contributed by atoms with Gasteiger partial charge in [0.2, 0.25) is 0 Å². The quantitative estimate of drug-likeness (QED) is 0.478. The van der Waals surface area contributed by atoms with Crippen LogP contribution in [0.15, 0.2) is 70.5 Å². The predicted molar refractivity (Wildman–Crippen MR) is 121 cm³/mol. The molecule has 2 aromatic carbocycles. The number of hydrogen-bond donors (Lipinski definition) is 0. The number of benzene rings is 2. The van der Waals surface area contributed by atoms with Gasteiger partial charge in [0, 0.05) is 5.53 Å². The fourth-order valence-electron chi connectivity index (χ4n) is 3.26. The van der Waals surface area contributed by atoms with Crippen molar-refractivity contribution in [3.8, 4) is 0 Å². The second kappa shape index (κ2) is 7.04. The van der Waals surface area contributed by atoms with Crippen LogP contribution in [0.2, 0.25) is 0 Å². The summed E-state index contributed by atoms with van der Waals surface area (Å²) in [4.78, 5) is 3.15. The van der Waals surface area contributed by atoms with Crippen LogP contribution in [0.1, 0.15) is 0 Å². The maximum absolute atomic E-state index is 2.56. The molecule has 0 N–H and O–H groups in total. The number of hydrogen-bond acceptors (Lipinski definition) is 0. The first-order valence-corrected chi connectivity index (χ1v) is 18.5. The molecule has 130 valence electrons. The third-order valence-electron chi connectivity index (χ3n) is 3.83. The van der Waals surface area contributed by atoms with Gasteiger partial charge in [-0.3, -0.25) is 0 Å². The van der Waals surface area contributed by atoms with Gasteiger partial charge in [0.15, 0.2) is 0 Å². The summed E-state index contributed by atoms with van der Waals surface area (Å²) in [6, 6.07) is 22.5. The van der Waals surface area contributed by atoms with Gasteiger partial charge < -0.3 is 0 Å². The van der Waals surface area contributed by atoms with E-state index in [1.807, 2.05) is 0 Å². The molecule has 0 unspecified atom stereocenters. The highest BCUT2D eigenvalue weighted by Crippen LogP contribution is 3.04. The second-order valence-electron chi connectivity index (χ2n) is 7.17. The first-order chi connectivity index (χ1) is 10.6. The van der Waals surface area contributed by atoms with Crippen LogP contribution in [0.3, 0.4) is 0 Å². The molecule has 0 nitrogen and oxygen atoms in total. The van der Waals surface area contributed by atoms with Gasteiger partial charge in [-0.1, -0.05) is 36.4 Å². The van der Waals surface area contributed by atoms with E-state index in [0.29, 0.717) is 0 Å². The highest BCUT2D eigenvalue weighted by atomic mass is 33.4. The van der Waals surface area contributed by atoms with E-state index >= 15 is 0 Å². The Balaban J connectivity index is 2.59. The summed E-state index contributed by atoms with van der Waals surface area (Å²) in [5.41, 5.74) is -0.0908. The lowest BCUT2D eigenvalue weighted by Gasteiger charge is -2.59. The van der Waals surface area contributed by atoms with Crippen LogP contribution in [-0.4, -0.2) is 43.8 Å². The summed E-state index contributed by atoms with van der Waals surface area (Å²) >= 11 is 0. The molecule has 2 aromatic rings. The molecular weight excluding hydrogens is 355 g/mol. The molecule has 0 aliphatic carbocycles. The van der Waals surface area contributed by atoms with Crippen LogP contribution >= 0.6 is 34.5 Å². The lowest BCUT2D eigenvalue weighted by Crippen LogP contribution is -2.07. The van der Waals surface area contributed by atoms with Crippen molar-refractivity contribution in [2.45, 2.75) is 9.79 Å². The van der Waals surface area contributed by atoms with Crippen molar-refractivity contribution < 1.29 is 0 Å². The number of rotatable bonds is 5. The Kier molecular flexibility index (Phi) is 5.89. The van der Waals surface area contributed by atoms with E-state index in [0.717, 1.165) is 0 Å². The third-order valence-corrected chi connectivity index (χ3v) is 39.0. The van der Waals surface area contributed by atoms with E-state index < -0.39 is 28.9 Å². The Morgan fingerprint density at radius 2 is 0.826 bits per heavy atom. The maximum atomic E-state index is 2.56. The minimum absolute atomic E-state index is 0.0908. The van der Waals surface area contributed by atoms with Gasteiger partial charge in [0.05, 0.1) is 0 Å². The molecule has 4 heteroatoms. The zero-order valence-corrected chi connectivity index (χ0v) is 18.8. The normalized spacial score (nSPS) is 15.5. The lowest BCUT2D eigenvalue weighted by atomic mass is 10.4. The molecular formula is C19H31PS3. The molecule has 0 aromatic heterocycles. The molecule has 0 aliphatic heterocycles. The Morgan fingerprint density at radius 1 is 0.522 bits per heavy atom. The minimum Gasteiger partial charge on any atom is -0.213 e. The van der Waals surface area contributed by atoms with Crippen LogP contribution in [-0.2, 0) is 0 Å². The van der Waals surface area contributed by atoms with Crippen molar-refractivity contribution >= 4 is 34.5 Å². The van der Waals surface area contributed by atoms with E-state index in [1.54, 1.807) is 9.79 Å². The largest absolute Gasteiger partial charge is 0.213 e.